The molecular formula is C32H42N4O3. The number of pyridine rings is 2. The molecule has 0 fully saturated rings. The van der Waals surface area contributed by atoms with Crippen molar-refractivity contribution < 1.29 is 9.59 Å². The van der Waals surface area contributed by atoms with E-state index in [-0.39, 0.29) is 23.9 Å². The molecule has 2 N–H and O–H groups in total. The van der Waals surface area contributed by atoms with Crippen molar-refractivity contribution in [1.82, 2.24) is 20.2 Å². The van der Waals surface area contributed by atoms with E-state index in [4.69, 9.17) is 0 Å². The number of nitrogens with zero attached hydrogens (tertiary/aromatic N) is 2. The average Bonchev–Trinajstić information content (AvgIpc) is 2.92. The summed E-state index contributed by atoms with van der Waals surface area (Å²) >= 11 is 0. The topological polar surface area (TPSA) is 93.1 Å². The summed E-state index contributed by atoms with van der Waals surface area (Å²) in [7, 11) is 0. The van der Waals surface area contributed by atoms with Crippen LogP contribution in [-0.4, -0.2) is 27.9 Å². The minimum absolute atomic E-state index is 0.122. The second-order valence-corrected chi connectivity index (χ2v) is 9.58. The lowest BCUT2D eigenvalue weighted by molar-refractivity contribution is -0.119. The summed E-state index contributed by atoms with van der Waals surface area (Å²) in [5.74, 6) is -0.371. The van der Waals surface area contributed by atoms with Crippen molar-refractivity contribution >= 4 is 11.8 Å². The zero-order chi connectivity index (χ0) is 28.8. The van der Waals surface area contributed by atoms with Crippen LogP contribution in [0.4, 0.5) is 0 Å². The van der Waals surface area contributed by atoms with Crippen LogP contribution in [-0.2, 0) is 17.9 Å². The Hall–Kier alpha value is -4.00. The zero-order valence-corrected chi connectivity index (χ0v) is 24.1. The van der Waals surface area contributed by atoms with E-state index in [9.17, 15) is 14.4 Å². The molecule has 2 rings (SSSR count). The average molecular weight is 531 g/mol. The van der Waals surface area contributed by atoms with E-state index in [0.29, 0.717) is 18.7 Å². The Bertz CT molecular complexity index is 1310. The lowest BCUT2D eigenvalue weighted by atomic mass is 9.96. The molecule has 0 aliphatic carbocycles. The van der Waals surface area contributed by atoms with Gasteiger partial charge in [-0.3, -0.25) is 19.4 Å². The number of carbonyl (C=O) groups excluding carboxylic acids is 2. The number of amides is 2. The van der Waals surface area contributed by atoms with E-state index in [1.165, 1.54) is 34.3 Å². The number of rotatable bonds is 13. The molecule has 0 aliphatic rings. The van der Waals surface area contributed by atoms with Gasteiger partial charge < -0.3 is 15.2 Å². The van der Waals surface area contributed by atoms with Gasteiger partial charge in [-0.15, -0.1) is 0 Å². The minimum atomic E-state index is -0.248. The smallest absolute Gasteiger partial charge is 0.253 e. The molecule has 0 saturated heterocycles. The van der Waals surface area contributed by atoms with Crippen LogP contribution in [0.5, 0.6) is 0 Å². The first kappa shape index (κ1) is 31.2. The van der Waals surface area contributed by atoms with Gasteiger partial charge in [0, 0.05) is 31.9 Å². The molecule has 0 aliphatic heterocycles. The fourth-order valence-corrected chi connectivity index (χ4v) is 3.99. The maximum absolute atomic E-state index is 13.1. The first-order valence-corrected chi connectivity index (χ1v) is 13.6. The van der Waals surface area contributed by atoms with Gasteiger partial charge in [0.25, 0.3) is 11.5 Å². The summed E-state index contributed by atoms with van der Waals surface area (Å²) < 4.78 is 1.50. The zero-order valence-electron chi connectivity index (χ0n) is 24.1. The molecule has 2 heterocycles. The van der Waals surface area contributed by atoms with E-state index in [1.54, 1.807) is 18.5 Å². The van der Waals surface area contributed by atoms with E-state index in [0.717, 1.165) is 36.1 Å². The third-order valence-corrected chi connectivity index (χ3v) is 6.30. The van der Waals surface area contributed by atoms with E-state index < -0.39 is 0 Å². The molecule has 0 radical (unpaired) electrons. The Morgan fingerprint density at radius 2 is 1.82 bits per heavy atom. The van der Waals surface area contributed by atoms with Crippen LogP contribution in [0.1, 0.15) is 82.4 Å². The molecule has 0 unspecified atom stereocenters. The fraction of sp³-hybridized carbons (Fsp3) is 0.375. The minimum Gasteiger partial charge on any atom is -0.351 e. The number of hydrogen-bond acceptors (Lipinski definition) is 4. The summed E-state index contributed by atoms with van der Waals surface area (Å²) in [4.78, 5) is 41.0. The molecule has 0 bridgehead atoms. The van der Waals surface area contributed by atoms with Gasteiger partial charge in [0.2, 0.25) is 5.91 Å². The Kier molecular flexibility index (Phi) is 12.9. The molecule has 0 aromatic carbocycles. The summed E-state index contributed by atoms with van der Waals surface area (Å²) in [5.41, 5.74) is 6.49. The first-order valence-electron chi connectivity index (χ1n) is 13.6. The third-order valence-electron chi connectivity index (χ3n) is 6.30. The van der Waals surface area contributed by atoms with Crippen molar-refractivity contribution in [2.75, 3.05) is 6.54 Å². The number of hydrogen-bond donors (Lipinski definition) is 2. The second-order valence-electron chi connectivity index (χ2n) is 9.58. The Balaban J connectivity index is 2.21. The second kappa shape index (κ2) is 16.1. The maximum Gasteiger partial charge on any atom is 0.253 e. The van der Waals surface area contributed by atoms with E-state index in [1.807, 2.05) is 19.1 Å². The van der Waals surface area contributed by atoms with Gasteiger partial charge >= 0.3 is 0 Å². The van der Waals surface area contributed by atoms with Crippen LogP contribution in [0.3, 0.4) is 0 Å². The highest BCUT2D eigenvalue weighted by Crippen LogP contribution is 2.21. The predicted octanol–water partition coefficient (Wildman–Crippen LogP) is 5.63. The fourth-order valence-electron chi connectivity index (χ4n) is 3.99. The molecule has 7 heteroatoms. The highest BCUT2D eigenvalue weighted by atomic mass is 16.2. The first-order chi connectivity index (χ1) is 18.7. The number of aromatic nitrogens is 2. The standard InChI is InChI=1S/C32H42N4O3/c1-7-10-12-26(17-30(23(4)9-3)24(5)11-8-2)18-35-32(39)28-14-16-31(38)36(22-28)21-27-13-15-29(34-19-27)20-33-25(6)37/h9-10,12-17,19,22H,7-8,11,18,20-21H2,1-6H3,(H,33,37)(H,35,39)/b12-10+,23-9-,26-17+,30-24-. The van der Waals surface area contributed by atoms with Crippen LogP contribution >= 0.6 is 0 Å². The van der Waals surface area contributed by atoms with Crippen molar-refractivity contribution in [3.63, 3.8) is 0 Å². The normalized spacial score (nSPS) is 12.9. The molecule has 0 spiro atoms. The van der Waals surface area contributed by atoms with Gasteiger partial charge in [-0.1, -0.05) is 50.1 Å². The summed E-state index contributed by atoms with van der Waals surface area (Å²) in [6.45, 7) is 13.0. The molecule has 208 valence electrons. The number of nitrogens with one attached hydrogen (secondary N) is 2. The number of carbonyl (C=O) groups is 2. The van der Waals surface area contributed by atoms with E-state index in [2.05, 4.69) is 67.6 Å². The van der Waals surface area contributed by atoms with Gasteiger partial charge in [0.05, 0.1) is 24.3 Å². The molecule has 2 amide bonds. The van der Waals surface area contributed by atoms with Crippen LogP contribution in [0.2, 0.25) is 0 Å². The largest absolute Gasteiger partial charge is 0.351 e. The van der Waals surface area contributed by atoms with Crippen LogP contribution in [0, 0.1) is 0 Å². The third kappa shape index (κ3) is 10.3. The Morgan fingerprint density at radius 3 is 2.44 bits per heavy atom. The highest BCUT2D eigenvalue weighted by molar-refractivity contribution is 5.94. The Morgan fingerprint density at radius 1 is 1.05 bits per heavy atom. The summed E-state index contributed by atoms with van der Waals surface area (Å²) in [6.07, 6.45) is 14.7. The van der Waals surface area contributed by atoms with Gasteiger partial charge in [-0.05, 0) is 74.1 Å². The molecule has 7 nitrogen and oxygen atoms in total. The maximum atomic E-state index is 13.1. The lowest BCUT2D eigenvalue weighted by Gasteiger charge is -2.13. The predicted molar refractivity (Wildman–Crippen MR) is 158 cm³/mol. The monoisotopic (exact) mass is 530 g/mol. The van der Waals surface area contributed by atoms with Gasteiger partial charge in [0.15, 0.2) is 0 Å². The van der Waals surface area contributed by atoms with Crippen molar-refractivity contribution in [3.05, 3.63) is 110 Å². The van der Waals surface area contributed by atoms with Crippen molar-refractivity contribution in [2.45, 2.75) is 73.9 Å². The van der Waals surface area contributed by atoms with E-state index >= 15 is 0 Å². The molecular weight excluding hydrogens is 488 g/mol. The lowest BCUT2D eigenvalue weighted by Crippen LogP contribution is -2.28. The van der Waals surface area contributed by atoms with Crippen LogP contribution < -0.4 is 16.2 Å². The quantitative estimate of drug-likeness (QED) is 0.328. The van der Waals surface area contributed by atoms with Gasteiger partial charge in [0.1, 0.15) is 0 Å². The molecule has 2 aromatic heterocycles. The highest BCUT2D eigenvalue weighted by Gasteiger charge is 2.10. The van der Waals surface area contributed by atoms with Crippen molar-refractivity contribution in [1.29, 1.82) is 0 Å². The summed E-state index contributed by atoms with van der Waals surface area (Å²) in [6, 6.07) is 6.63. The molecule has 0 atom stereocenters. The van der Waals surface area contributed by atoms with Crippen LogP contribution in [0.15, 0.2) is 88.1 Å². The Labute approximate surface area is 232 Å². The van der Waals surface area contributed by atoms with Crippen molar-refractivity contribution in [3.8, 4) is 0 Å². The SMILES string of the molecule is C\C=C(C)/C(/C=C(\C=C\CC)CNC(=O)c1ccc(=O)n(Cc2ccc(CNC(C)=O)nc2)c1)=C(/C)CCC. The summed E-state index contributed by atoms with van der Waals surface area (Å²) in [5, 5.41) is 5.73. The molecule has 39 heavy (non-hydrogen) atoms. The van der Waals surface area contributed by atoms with Crippen molar-refractivity contribution in [2.24, 2.45) is 0 Å². The van der Waals surface area contributed by atoms with Gasteiger partial charge in [-0.2, -0.15) is 0 Å². The van der Waals surface area contributed by atoms with Gasteiger partial charge in [-0.25, -0.2) is 0 Å². The molecule has 2 aromatic rings. The number of allylic oxidation sites excluding steroid dienone is 6. The molecule has 0 saturated carbocycles. The van der Waals surface area contributed by atoms with Crippen LogP contribution in [0.25, 0.3) is 0 Å².